The molecule has 1 aliphatic heterocycles. The van der Waals surface area contributed by atoms with Gasteiger partial charge in [-0.1, -0.05) is 53.8 Å². The molecular formula is C18H15ClN2O3S3. The average Bonchev–Trinajstić information content (AvgIpc) is 2.90. The summed E-state index contributed by atoms with van der Waals surface area (Å²) in [4.78, 5) is 30.4. The molecular weight excluding hydrogens is 424 g/mol. The Hall–Kier alpha value is -1.61. The van der Waals surface area contributed by atoms with Crippen LogP contribution >= 0.6 is 47.3 Å². The van der Waals surface area contributed by atoms with Gasteiger partial charge in [0, 0.05) is 5.39 Å². The fraction of sp³-hybridized carbons (Fsp3) is 0.222. The average molecular weight is 439 g/mol. The maximum absolute atomic E-state index is 12.8. The highest BCUT2D eigenvalue weighted by Gasteiger charge is 2.40. The molecule has 2 heterocycles. The zero-order valence-electron chi connectivity index (χ0n) is 14.2. The number of aromatic nitrogens is 1. The van der Waals surface area contributed by atoms with Crippen molar-refractivity contribution in [2.45, 2.75) is 12.5 Å². The first-order valence-corrected chi connectivity index (χ1v) is 11.0. The molecule has 5 nitrogen and oxygen atoms in total. The van der Waals surface area contributed by atoms with Gasteiger partial charge in [0.05, 0.1) is 21.1 Å². The number of aliphatic carboxylic acids is 1. The monoisotopic (exact) mass is 438 g/mol. The number of rotatable bonds is 6. The van der Waals surface area contributed by atoms with Crippen molar-refractivity contribution >= 4 is 80.5 Å². The maximum Gasteiger partial charge on any atom is 0.326 e. The summed E-state index contributed by atoms with van der Waals surface area (Å²) >= 11 is 14.1. The number of carbonyl (C=O) groups is 2. The van der Waals surface area contributed by atoms with Crippen LogP contribution in [0.15, 0.2) is 35.2 Å². The molecule has 140 valence electrons. The van der Waals surface area contributed by atoms with E-state index in [4.69, 9.17) is 23.8 Å². The van der Waals surface area contributed by atoms with Gasteiger partial charge in [-0.15, -0.1) is 0 Å². The molecule has 1 atom stereocenters. The molecule has 0 aliphatic carbocycles. The number of hydrogen-bond donors (Lipinski definition) is 1. The predicted octanol–water partition coefficient (Wildman–Crippen LogP) is 4.30. The number of para-hydroxylation sites is 1. The minimum atomic E-state index is -1.06. The summed E-state index contributed by atoms with van der Waals surface area (Å²) in [6.07, 6.45) is 3.84. The SMILES string of the molecule is CSCC[C@@H](C(=O)O)N1C(=O)/C(=C\c2ccc3cccc(Cl)c3n2)SC1=S. The highest BCUT2D eigenvalue weighted by atomic mass is 35.5. The summed E-state index contributed by atoms with van der Waals surface area (Å²) in [6, 6.07) is 8.20. The molecule has 2 aromatic rings. The standard InChI is InChI=1S/C18H15ClN2O3S3/c1-26-8-7-13(17(23)24)21-16(22)14(27-18(21)25)9-11-6-5-10-3-2-4-12(19)15(10)20-11/h2-6,9,13H,7-8H2,1H3,(H,23,24)/b14-9+/t13-/m0/s1. The van der Waals surface area contributed by atoms with Crippen LogP contribution in [0.3, 0.4) is 0 Å². The van der Waals surface area contributed by atoms with Gasteiger partial charge in [-0.25, -0.2) is 9.78 Å². The molecule has 9 heteroatoms. The Morgan fingerprint density at radius 3 is 2.93 bits per heavy atom. The van der Waals surface area contributed by atoms with Gasteiger partial charge in [0.25, 0.3) is 5.91 Å². The fourth-order valence-corrected chi connectivity index (χ4v) is 4.71. The van der Waals surface area contributed by atoms with E-state index in [1.807, 2.05) is 24.5 Å². The lowest BCUT2D eigenvalue weighted by molar-refractivity contribution is -0.145. The molecule has 0 spiro atoms. The molecule has 1 aromatic heterocycles. The summed E-state index contributed by atoms with van der Waals surface area (Å²) in [7, 11) is 0. The molecule has 1 fully saturated rings. The van der Waals surface area contributed by atoms with Crippen molar-refractivity contribution in [3.63, 3.8) is 0 Å². The van der Waals surface area contributed by atoms with Crippen molar-refractivity contribution in [3.8, 4) is 0 Å². The number of carbonyl (C=O) groups excluding carboxylic acids is 1. The third-order valence-corrected chi connectivity index (χ3v) is 6.27. The highest BCUT2D eigenvalue weighted by Crippen LogP contribution is 2.35. The van der Waals surface area contributed by atoms with Crippen LogP contribution in [-0.2, 0) is 9.59 Å². The van der Waals surface area contributed by atoms with E-state index in [0.717, 1.165) is 17.1 Å². The summed E-state index contributed by atoms with van der Waals surface area (Å²) in [5.74, 6) is -0.839. The number of nitrogens with zero attached hydrogens (tertiary/aromatic N) is 2. The van der Waals surface area contributed by atoms with E-state index in [-0.39, 0.29) is 4.32 Å². The zero-order chi connectivity index (χ0) is 19.6. The number of carboxylic acids is 1. The topological polar surface area (TPSA) is 70.5 Å². The van der Waals surface area contributed by atoms with Crippen LogP contribution in [0.1, 0.15) is 12.1 Å². The van der Waals surface area contributed by atoms with Crippen LogP contribution in [-0.4, -0.2) is 49.2 Å². The number of benzene rings is 1. The van der Waals surface area contributed by atoms with E-state index in [9.17, 15) is 14.7 Å². The Morgan fingerprint density at radius 2 is 2.22 bits per heavy atom. The van der Waals surface area contributed by atoms with Crippen molar-refractivity contribution < 1.29 is 14.7 Å². The van der Waals surface area contributed by atoms with Gasteiger partial charge in [-0.3, -0.25) is 9.69 Å². The van der Waals surface area contributed by atoms with E-state index >= 15 is 0 Å². The van der Waals surface area contributed by atoms with E-state index in [2.05, 4.69) is 4.98 Å². The van der Waals surface area contributed by atoms with Gasteiger partial charge in [0.2, 0.25) is 0 Å². The van der Waals surface area contributed by atoms with Crippen LogP contribution < -0.4 is 0 Å². The molecule has 1 aromatic carbocycles. The minimum absolute atomic E-state index is 0.249. The molecule has 1 saturated heterocycles. The second-order valence-electron chi connectivity index (χ2n) is 5.73. The second kappa shape index (κ2) is 8.60. The number of halogens is 1. The molecule has 0 saturated carbocycles. The van der Waals surface area contributed by atoms with E-state index < -0.39 is 17.9 Å². The van der Waals surface area contributed by atoms with E-state index in [1.54, 1.807) is 18.2 Å². The number of thiocarbonyl (C=S) groups is 1. The Bertz CT molecular complexity index is 964. The lowest BCUT2D eigenvalue weighted by Crippen LogP contribution is -2.44. The smallest absolute Gasteiger partial charge is 0.326 e. The first-order chi connectivity index (χ1) is 12.9. The van der Waals surface area contributed by atoms with Gasteiger partial charge in [0.1, 0.15) is 10.4 Å². The summed E-state index contributed by atoms with van der Waals surface area (Å²) in [5.41, 5.74) is 1.21. The van der Waals surface area contributed by atoms with Crippen LogP contribution in [0.2, 0.25) is 5.02 Å². The lowest BCUT2D eigenvalue weighted by atomic mass is 10.2. The van der Waals surface area contributed by atoms with Crippen LogP contribution in [0, 0.1) is 0 Å². The van der Waals surface area contributed by atoms with Crippen molar-refractivity contribution in [2.24, 2.45) is 0 Å². The molecule has 0 bridgehead atoms. The summed E-state index contributed by atoms with van der Waals surface area (Å²) in [5, 5.41) is 10.9. The molecule has 1 aliphatic rings. The van der Waals surface area contributed by atoms with Crippen molar-refractivity contribution in [3.05, 3.63) is 46.0 Å². The second-order valence-corrected chi connectivity index (χ2v) is 8.80. The number of amides is 1. The van der Waals surface area contributed by atoms with Gasteiger partial charge >= 0.3 is 5.97 Å². The Labute approximate surface area is 175 Å². The number of carboxylic acid groups (broad SMARTS) is 1. The van der Waals surface area contributed by atoms with Crippen molar-refractivity contribution in [1.29, 1.82) is 0 Å². The molecule has 1 N–H and O–H groups in total. The number of thioether (sulfide) groups is 2. The maximum atomic E-state index is 12.8. The van der Waals surface area contributed by atoms with Gasteiger partial charge in [-0.2, -0.15) is 11.8 Å². The Morgan fingerprint density at radius 1 is 1.44 bits per heavy atom. The summed E-state index contributed by atoms with van der Waals surface area (Å²) < 4.78 is 0.249. The molecule has 0 unspecified atom stereocenters. The first kappa shape index (κ1) is 20.1. The van der Waals surface area contributed by atoms with Gasteiger partial charge in [0.15, 0.2) is 0 Å². The fourth-order valence-electron chi connectivity index (χ4n) is 2.68. The van der Waals surface area contributed by atoms with Crippen molar-refractivity contribution in [1.82, 2.24) is 9.88 Å². The van der Waals surface area contributed by atoms with Crippen LogP contribution in [0.5, 0.6) is 0 Å². The largest absolute Gasteiger partial charge is 0.480 e. The molecule has 3 rings (SSSR count). The Balaban J connectivity index is 1.92. The third kappa shape index (κ3) is 4.29. The van der Waals surface area contributed by atoms with E-state index in [0.29, 0.717) is 33.3 Å². The quantitative estimate of drug-likeness (QED) is 0.532. The normalized spacial score (nSPS) is 17.1. The van der Waals surface area contributed by atoms with Gasteiger partial charge < -0.3 is 5.11 Å². The first-order valence-electron chi connectivity index (χ1n) is 7.96. The lowest BCUT2D eigenvalue weighted by Gasteiger charge is -2.22. The number of fused-ring (bicyclic) bond motifs is 1. The number of pyridine rings is 1. The minimum Gasteiger partial charge on any atom is -0.480 e. The van der Waals surface area contributed by atoms with Crippen LogP contribution in [0.4, 0.5) is 0 Å². The number of hydrogen-bond acceptors (Lipinski definition) is 6. The summed E-state index contributed by atoms with van der Waals surface area (Å²) in [6.45, 7) is 0. The van der Waals surface area contributed by atoms with Gasteiger partial charge in [-0.05, 0) is 36.6 Å². The third-order valence-electron chi connectivity index (χ3n) is 3.99. The van der Waals surface area contributed by atoms with E-state index in [1.165, 1.54) is 16.7 Å². The zero-order valence-corrected chi connectivity index (χ0v) is 17.4. The molecule has 0 radical (unpaired) electrons. The molecule has 1 amide bonds. The van der Waals surface area contributed by atoms with Crippen molar-refractivity contribution in [2.75, 3.05) is 12.0 Å². The molecule has 27 heavy (non-hydrogen) atoms. The highest BCUT2D eigenvalue weighted by molar-refractivity contribution is 8.26. The Kier molecular flexibility index (Phi) is 6.41. The van der Waals surface area contributed by atoms with Crippen LogP contribution in [0.25, 0.3) is 17.0 Å². The predicted molar refractivity (Wildman–Crippen MR) is 116 cm³/mol.